The molecule has 0 N–H and O–H groups in total. The highest BCUT2D eigenvalue weighted by Gasteiger charge is 2.28. The summed E-state index contributed by atoms with van der Waals surface area (Å²) in [6.45, 7) is 0.0882. The van der Waals surface area contributed by atoms with Crippen molar-refractivity contribution in [1.82, 2.24) is 0 Å². The van der Waals surface area contributed by atoms with E-state index in [4.69, 9.17) is 37.4 Å². The minimum Gasteiger partial charge on any atom is -0.485 e. The first-order valence-electron chi connectivity index (χ1n) is 6.63. The zero-order valence-electron chi connectivity index (χ0n) is 11.4. The average Bonchev–Trinajstić information content (AvgIpc) is 2.53. The Kier molecular flexibility index (Phi) is 4.41. The molecule has 1 heterocycles. The van der Waals surface area contributed by atoms with E-state index >= 15 is 0 Å². The minimum absolute atomic E-state index is 0.0150. The van der Waals surface area contributed by atoms with Gasteiger partial charge in [-0.2, -0.15) is 0 Å². The van der Waals surface area contributed by atoms with Gasteiger partial charge < -0.3 is 14.2 Å². The summed E-state index contributed by atoms with van der Waals surface area (Å²) in [5.74, 6) is 0.609. The van der Waals surface area contributed by atoms with Crippen LogP contribution in [0.3, 0.4) is 0 Å². The molecule has 1 atom stereocenters. The molecule has 0 spiro atoms. The van der Waals surface area contributed by atoms with Crippen molar-refractivity contribution < 1.29 is 19.0 Å². The summed E-state index contributed by atoms with van der Waals surface area (Å²) in [7, 11) is 0. The molecular formula is C16H12Cl2O4. The van der Waals surface area contributed by atoms with E-state index in [1.807, 2.05) is 6.07 Å². The second kappa shape index (κ2) is 6.46. The Hall–Kier alpha value is -1.91. The number of rotatable bonds is 3. The highest BCUT2D eigenvalue weighted by atomic mass is 35.5. The van der Waals surface area contributed by atoms with Gasteiger partial charge in [0.2, 0.25) is 6.10 Å². The number of hydrogen-bond donors (Lipinski definition) is 0. The molecule has 0 amide bonds. The van der Waals surface area contributed by atoms with Crippen molar-refractivity contribution in [3.8, 4) is 11.5 Å². The first-order valence-corrected chi connectivity index (χ1v) is 7.39. The van der Waals surface area contributed by atoms with E-state index in [-0.39, 0.29) is 13.2 Å². The van der Waals surface area contributed by atoms with Crippen LogP contribution in [0.25, 0.3) is 0 Å². The Morgan fingerprint density at radius 1 is 1.09 bits per heavy atom. The van der Waals surface area contributed by atoms with E-state index in [1.165, 1.54) is 0 Å². The van der Waals surface area contributed by atoms with E-state index in [9.17, 15) is 4.79 Å². The van der Waals surface area contributed by atoms with Crippen LogP contribution in [0.15, 0.2) is 42.5 Å². The molecular weight excluding hydrogens is 327 g/mol. The van der Waals surface area contributed by atoms with Crippen LogP contribution < -0.4 is 9.47 Å². The van der Waals surface area contributed by atoms with Crippen molar-refractivity contribution in [2.24, 2.45) is 0 Å². The fourth-order valence-corrected chi connectivity index (χ4v) is 2.55. The molecule has 1 aliphatic heterocycles. The van der Waals surface area contributed by atoms with Gasteiger partial charge in [0.05, 0.1) is 0 Å². The molecule has 2 aromatic carbocycles. The third-order valence-corrected chi connectivity index (χ3v) is 3.90. The van der Waals surface area contributed by atoms with Crippen molar-refractivity contribution in [3.05, 3.63) is 58.1 Å². The Morgan fingerprint density at radius 2 is 1.77 bits per heavy atom. The largest absolute Gasteiger partial charge is 0.485 e. The molecule has 2 aromatic rings. The average molecular weight is 339 g/mol. The second-order valence-corrected chi connectivity index (χ2v) is 5.49. The van der Waals surface area contributed by atoms with Gasteiger partial charge in [0.25, 0.3) is 0 Å². The lowest BCUT2D eigenvalue weighted by Gasteiger charge is -2.25. The van der Waals surface area contributed by atoms with Crippen LogP contribution in [0, 0.1) is 0 Å². The maximum absolute atomic E-state index is 12.1. The third-order valence-electron chi connectivity index (χ3n) is 3.19. The van der Waals surface area contributed by atoms with Gasteiger partial charge in [-0.25, -0.2) is 4.79 Å². The van der Waals surface area contributed by atoms with Gasteiger partial charge in [0.1, 0.15) is 13.2 Å². The molecule has 0 saturated heterocycles. The number of esters is 1. The zero-order chi connectivity index (χ0) is 15.5. The molecule has 6 heteroatoms. The summed E-state index contributed by atoms with van der Waals surface area (Å²) in [5, 5.41) is 0.901. The van der Waals surface area contributed by atoms with E-state index in [1.54, 1.807) is 36.4 Å². The molecule has 4 nitrogen and oxygen atoms in total. The lowest BCUT2D eigenvalue weighted by molar-refractivity contribution is -0.155. The molecule has 0 fully saturated rings. The summed E-state index contributed by atoms with van der Waals surface area (Å²) in [5.41, 5.74) is 0.566. The summed E-state index contributed by atoms with van der Waals surface area (Å²) in [6, 6.07) is 12.3. The summed E-state index contributed by atoms with van der Waals surface area (Å²) in [6.07, 6.45) is -0.809. The highest BCUT2D eigenvalue weighted by Crippen LogP contribution is 2.31. The number of halogens is 2. The SMILES string of the molecule is O=C(OCc1c(Cl)cccc1Cl)C1COc2ccccc2O1. The van der Waals surface area contributed by atoms with E-state index < -0.39 is 12.1 Å². The van der Waals surface area contributed by atoms with Gasteiger partial charge in [-0.1, -0.05) is 41.4 Å². The molecule has 0 aromatic heterocycles. The van der Waals surface area contributed by atoms with Crippen LogP contribution in [0.5, 0.6) is 11.5 Å². The van der Waals surface area contributed by atoms with Gasteiger partial charge in [-0.15, -0.1) is 0 Å². The summed E-state index contributed by atoms with van der Waals surface area (Å²) >= 11 is 12.1. The first kappa shape index (κ1) is 15.0. The van der Waals surface area contributed by atoms with Crippen LogP contribution in [-0.2, 0) is 16.1 Å². The normalized spacial score (nSPS) is 16.2. The van der Waals surface area contributed by atoms with E-state index in [0.29, 0.717) is 27.1 Å². The number of hydrogen-bond acceptors (Lipinski definition) is 4. The molecule has 114 valence electrons. The van der Waals surface area contributed by atoms with E-state index in [0.717, 1.165) is 0 Å². The van der Waals surface area contributed by atoms with Crippen molar-refractivity contribution in [2.45, 2.75) is 12.7 Å². The quantitative estimate of drug-likeness (QED) is 0.796. The van der Waals surface area contributed by atoms with Crippen molar-refractivity contribution in [2.75, 3.05) is 6.61 Å². The van der Waals surface area contributed by atoms with Gasteiger partial charge >= 0.3 is 5.97 Å². The number of carbonyl (C=O) groups is 1. The van der Waals surface area contributed by atoms with Gasteiger partial charge in [0.15, 0.2) is 11.5 Å². The van der Waals surface area contributed by atoms with Crippen molar-refractivity contribution >= 4 is 29.2 Å². The maximum atomic E-state index is 12.1. The first-order chi connectivity index (χ1) is 10.6. The van der Waals surface area contributed by atoms with Gasteiger partial charge in [-0.3, -0.25) is 0 Å². The number of ether oxygens (including phenoxy) is 3. The standard InChI is InChI=1S/C16H12Cl2O4/c17-11-4-3-5-12(18)10(11)8-21-16(19)15-9-20-13-6-1-2-7-14(13)22-15/h1-7,15H,8-9H2. The summed E-state index contributed by atoms with van der Waals surface area (Å²) in [4.78, 5) is 12.1. The number of carbonyl (C=O) groups excluding carboxylic acids is 1. The topological polar surface area (TPSA) is 44.8 Å². The molecule has 0 bridgehead atoms. The van der Waals surface area contributed by atoms with Crippen LogP contribution in [0.2, 0.25) is 10.0 Å². The molecule has 3 rings (SSSR count). The zero-order valence-corrected chi connectivity index (χ0v) is 12.9. The van der Waals surface area contributed by atoms with E-state index in [2.05, 4.69) is 0 Å². The summed E-state index contributed by atoms with van der Waals surface area (Å²) < 4.78 is 16.3. The fraction of sp³-hybridized carbons (Fsp3) is 0.188. The fourth-order valence-electron chi connectivity index (χ4n) is 2.04. The van der Waals surface area contributed by atoms with Crippen LogP contribution >= 0.6 is 23.2 Å². The third kappa shape index (κ3) is 3.13. The predicted octanol–water partition coefficient (Wildman–Crippen LogP) is 3.88. The number of benzene rings is 2. The molecule has 0 aliphatic carbocycles. The monoisotopic (exact) mass is 338 g/mol. The van der Waals surface area contributed by atoms with Crippen LogP contribution in [-0.4, -0.2) is 18.7 Å². The number of para-hydroxylation sites is 2. The Labute approximate surface area is 137 Å². The lowest BCUT2D eigenvalue weighted by atomic mass is 10.2. The Balaban J connectivity index is 1.64. The smallest absolute Gasteiger partial charge is 0.351 e. The molecule has 0 radical (unpaired) electrons. The van der Waals surface area contributed by atoms with Crippen LogP contribution in [0.4, 0.5) is 0 Å². The van der Waals surface area contributed by atoms with Gasteiger partial charge in [-0.05, 0) is 24.3 Å². The number of fused-ring (bicyclic) bond motifs is 1. The van der Waals surface area contributed by atoms with Crippen LogP contribution in [0.1, 0.15) is 5.56 Å². The van der Waals surface area contributed by atoms with Gasteiger partial charge in [0, 0.05) is 15.6 Å². The second-order valence-electron chi connectivity index (χ2n) is 4.67. The molecule has 1 unspecified atom stereocenters. The Morgan fingerprint density at radius 3 is 2.50 bits per heavy atom. The van der Waals surface area contributed by atoms with Crippen molar-refractivity contribution in [3.63, 3.8) is 0 Å². The Bertz CT molecular complexity index is 682. The maximum Gasteiger partial charge on any atom is 0.351 e. The minimum atomic E-state index is -0.809. The molecule has 22 heavy (non-hydrogen) atoms. The predicted molar refractivity (Wildman–Crippen MR) is 82.6 cm³/mol. The van der Waals surface area contributed by atoms with Crippen molar-refractivity contribution in [1.29, 1.82) is 0 Å². The molecule has 1 aliphatic rings. The molecule has 0 saturated carbocycles. The highest BCUT2D eigenvalue weighted by molar-refractivity contribution is 6.35. The lowest BCUT2D eigenvalue weighted by Crippen LogP contribution is -2.37.